The summed E-state index contributed by atoms with van der Waals surface area (Å²) < 4.78 is 0. The second-order valence-corrected chi connectivity index (χ2v) is 6.51. The topological polar surface area (TPSA) is 58.5 Å². The fourth-order valence-electron chi connectivity index (χ4n) is 2.63. The van der Waals surface area contributed by atoms with E-state index in [9.17, 15) is 9.59 Å². The first-order chi connectivity index (χ1) is 11.4. The van der Waals surface area contributed by atoms with E-state index in [1.165, 1.54) is 12.1 Å². The molecule has 1 unspecified atom stereocenters. The molecule has 24 heavy (non-hydrogen) atoms. The Bertz CT molecular complexity index is 879. The fourth-order valence-corrected chi connectivity index (χ4v) is 3.12. The van der Waals surface area contributed by atoms with Gasteiger partial charge in [0.2, 0.25) is 0 Å². The summed E-state index contributed by atoms with van der Waals surface area (Å²) in [6, 6.07) is 4.63. The molecule has 0 saturated carbocycles. The van der Waals surface area contributed by atoms with Crippen LogP contribution in [0, 0.1) is 5.92 Å². The number of carbonyl (C=O) groups is 2. The van der Waals surface area contributed by atoms with Crippen LogP contribution in [0.4, 0.5) is 0 Å². The van der Waals surface area contributed by atoms with Crippen LogP contribution in [0.25, 0.3) is 0 Å². The molecule has 122 valence electrons. The van der Waals surface area contributed by atoms with E-state index in [1.54, 1.807) is 25.1 Å². The van der Waals surface area contributed by atoms with Crippen LogP contribution in [0.15, 0.2) is 58.3 Å². The summed E-state index contributed by atoms with van der Waals surface area (Å²) in [5, 5.41) is 3.54. The standard InChI is InChI=1S/C18H14Cl2N2O2/c1-9-10(2)17(23)22-16-8-12(4-6-13(9)16)21-18(24)14-5-3-11(19)7-15(14)20/h3-8,13H,1-2H3,(H,22,23). The van der Waals surface area contributed by atoms with Crippen molar-refractivity contribution in [3.63, 3.8) is 0 Å². The second kappa shape index (κ2) is 6.38. The smallest absolute Gasteiger partial charge is 0.279 e. The van der Waals surface area contributed by atoms with Gasteiger partial charge in [-0.25, -0.2) is 4.99 Å². The molecule has 1 N–H and O–H groups in total. The summed E-state index contributed by atoms with van der Waals surface area (Å²) in [6.45, 7) is 3.72. The lowest BCUT2D eigenvalue weighted by molar-refractivity contribution is -0.117. The molecule has 0 bridgehead atoms. The first-order valence-corrected chi connectivity index (χ1v) is 8.09. The molecule has 0 saturated heterocycles. The van der Waals surface area contributed by atoms with Gasteiger partial charge in [-0.2, -0.15) is 0 Å². The average Bonchev–Trinajstić information content (AvgIpc) is 2.52. The van der Waals surface area contributed by atoms with Crippen LogP contribution >= 0.6 is 23.2 Å². The lowest BCUT2D eigenvalue weighted by atomic mass is 9.85. The van der Waals surface area contributed by atoms with Gasteiger partial charge in [0.1, 0.15) is 0 Å². The number of rotatable bonds is 1. The van der Waals surface area contributed by atoms with Crippen LogP contribution in [0.1, 0.15) is 24.2 Å². The van der Waals surface area contributed by atoms with Crippen molar-refractivity contribution < 1.29 is 9.59 Å². The van der Waals surface area contributed by atoms with Gasteiger partial charge in [-0.1, -0.05) is 34.9 Å². The maximum Gasteiger partial charge on any atom is 0.279 e. The summed E-state index contributed by atoms with van der Waals surface area (Å²) in [6.07, 6.45) is 5.40. The molecule has 1 atom stereocenters. The summed E-state index contributed by atoms with van der Waals surface area (Å²) in [7, 11) is 0. The van der Waals surface area contributed by atoms with E-state index in [4.69, 9.17) is 23.2 Å². The Hall–Kier alpha value is -2.17. The predicted octanol–water partition coefficient (Wildman–Crippen LogP) is 4.11. The number of nitrogens with one attached hydrogen (secondary N) is 1. The quantitative estimate of drug-likeness (QED) is 0.818. The monoisotopic (exact) mass is 360 g/mol. The number of halogens is 2. The van der Waals surface area contributed by atoms with Crippen molar-refractivity contribution >= 4 is 40.7 Å². The molecular weight excluding hydrogens is 347 g/mol. The zero-order chi connectivity index (χ0) is 17.4. The van der Waals surface area contributed by atoms with E-state index in [0.717, 1.165) is 11.3 Å². The van der Waals surface area contributed by atoms with Gasteiger partial charge >= 0.3 is 0 Å². The molecule has 0 radical (unpaired) electrons. The number of amides is 2. The molecule has 6 heteroatoms. The predicted molar refractivity (Wildman–Crippen MR) is 95.5 cm³/mol. The van der Waals surface area contributed by atoms with Crippen molar-refractivity contribution in [2.75, 3.05) is 0 Å². The summed E-state index contributed by atoms with van der Waals surface area (Å²) in [5.74, 6) is -0.579. The van der Waals surface area contributed by atoms with Gasteiger partial charge in [0.05, 0.1) is 16.3 Å². The molecule has 0 spiro atoms. The van der Waals surface area contributed by atoms with Gasteiger partial charge in [0.15, 0.2) is 0 Å². The largest absolute Gasteiger partial charge is 0.325 e. The minimum Gasteiger partial charge on any atom is -0.325 e. The molecule has 2 aliphatic rings. The Kier molecular flexibility index (Phi) is 4.43. The van der Waals surface area contributed by atoms with Gasteiger partial charge in [0, 0.05) is 22.2 Å². The number of fused-ring (bicyclic) bond motifs is 1. The number of hydrogen-bond donors (Lipinski definition) is 1. The molecule has 1 aromatic rings. The molecule has 0 fully saturated rings. The molecule has 1 aliphatic heterocycles. The Balaban J connectivity index is 1.91. The molecular formula is C18H14Cl2N2O2. The molecule has 1 heterocycles. The highest BCUT2D eigenvalue weighted by Crippen LogP contribution is 2.30. The third kappa shape index (κ3) is 3.07. The average molecular weight is 361 g/mol. The maximum absolute atomic E-state index is 12.3. The van der Waals surface area contributed by atoms with E-state index in [-0.39, 0.29) is 22.4 Å². The summed E-state index contributed by atoms with van der Waals surface area (Å²) in [5.41, 5.74) is 3.17. The number of benzene rings is 1. The second-order valence-electron chi connectivity index (χ2n) is 5.66. The number of allylic oxidation sites excluding steroid dienone is 3. The lowest BCUT2D eigenvalue weighted by Crippen LogP contribution is -2.35. The molecule has 0 aromatic heterocycles. The van der Waals surface area contributed by atoms with Crippen LogP contribution in [0.3, 0.4) is 0 Å². The lowest BCUT2D eigenvalue weighted by Gasteiger charge is -2.28. The van der Waals surface area contributed by atoms with E-state index >= 15 is 0 Å². The first-order valence-electron chi connectivity index (χ1n) is 7.33. The minimum absolute atomic E-state index is 0.0101. The Morgan fingerprint density at radius 3 is 2.71 bits per heavy atom. The first kappa shape index (κ1) is 16.7. The Labute approximate surface area is 149 Å². The van der Waals surface area contributed by atoms with Crippen molar-refractivity contribution in [3.05, 3.63) is 68.9 Å². The van der Waals surface area contributed by atoms with Crippen molar-refractivity contribution in [3.8, 4) is 0 Å². The maximum atomic E-state index is 12.3. The van der Waals surface area contributed by atoms with Gasteiger partial charge in [0.25, 0.3) is 11.8 Å². The third-order valence-electron chi connectivity index (χ3n) is 4.15. The van der Waals surface area contributed by atoms with E-state index in [0.29, 0.717) is 16.3 Å². The Morgan fingerprint density at radius 2 is 2.00 bits per heavy atom. The van der Waals surface area contributed by atoms with Crippen molar-refractivity contribution in [2.24, 2.45) is 10.9 Å². The molecule has 3 rings (SSSR count). The van der Waals surface area contributed by atoms with Crippen LogP contribution in [0.2, 0.25) is 10.0 Å². The third-order valence-corrected chi connectivity index (χ3v) is 4.69. The summed E-state index contributed by atoms with van der Waals surface area (Å²) >= 11 is 11.9. The zero-order valence-corrected chi connectivity index (χ0v) is 14.6. The van der Waals surface area contributed by atoms with Gasteiger partial charge in [-0.05, 0) is 44.2 Å². The molecule has 4 nitrogen and oxygen atoms in total. The zero-order valence-electron chi connectivity index (χ0n) is 13.1. The van der Waals surface area contributed by atoms with E-state index < -0.39 is 5.91 Å². The molecule has 1 aliphatic carbocycles. The van der Waals surface area contributed by atoms with Crippen LogP contribution in [0.5, 0.6) is 0 Å². The normalized spacial score (nSPS) is 21.5. The highest BCUT2D eigenvalue weighted by atomic mass is 35.5. The number of nitrogens with zero attached hydrogens (tertiary/aromatic N) is 1. The van der Waals surface area contributed by atoms with E-state index in [1.807, 2.05) is 13.0 Å². The minimum atomic E-state index is -0.461. The Morgan fingerprint density at radius 1 is 1.25 bits per heavy atom. The highest BCUT2D eigenvalue weighted by Gasteiger charge is 2.27. The fraction of sp³-hybridized carbons (Fsp3) is 0.167. The van der Waals surface area contributed by atoms with Gasteiger partial charge in [-0.15, -0.1) is 0 Å². The van der Waals surface area contributed by atoms with E-state index in [2.05, 4.69) is 10.3 Å². The van der Waals surface area contributed by atoms with Crippen molar-refractivity contribution in [1.29, 1.82) is 0 Å². The molecule has 2 amide bonds. The highest BCUT2D eigenvalue weighted by molar-refractivity contribution is 6.37. The molecule has 1 aromatic carbocycles. The van der Waals surface area contributed by atoms with Crippen LogP contribution in [-0.4, -0.2) is 17.5 Å². The number of carbonyl (C=O) groups excluding carboxylic acids is 2. The van der Waals surface area contributed by atoms with Crippen molar-refractivity contribution in [1.82, 2.24) is 5.32 Å². The van der Waals surface area contributed by atoms with Crippen LogP contribution < -0.4 is 5.32 Å². The van der Waals surface area contributed by atoms with Gasteiger partial charge in [-0.3, -0.25) is 9.59 Å². The van der Waals surface area contributed by atoms with Crippen molar-refractivity contribution in [2.45, 2.75) is 13.8 Å². The van der Waals surface area contributed by atoms with Gasteiger partial charge < -0.3 is 5.32 Å². The number of aliphatic imine (C=N–C) groups is 1. The summed E-state index contributed by atoms with van der Waals surface area (Å²) in [4.78, 5) is 28.3. The SMILES string of the molecule is CC1=C(C)C2C=CC(=NC(=O)c3ccc(Cl)cc3Cl)C=C2NC1=O. The number of hydrogen-bond acceptors (Lipinski definition) is 2. The van der Waals surface area contributed by atoms with Crippen LogP contribution in [-0.2, 0) is 4.79 Å².